The van der Waals surface area contributed by atoms with Crippen LogP contribution in [0.3, 0.4) is 0 Å². The second-order valence-electron chi connectivity index (χ2n) is 15.2. The van der Waals surface area contributed by atoms with Crippen molar-refractivity contribution >= 4 is 47.3 Å². The van der Waals surface area contributed by atoms with Gasteiger partial charge in [-0.25, -0.2) is 9.78 Å². The molecule has 1 heterocycles. The molecule has 10 atom stereocenters. The summed E-state index contributed by atoms with van der Waals surface area (Å²) in [6.45, 7) is 5.98. The van der Waals surface area contributed by atoms with Crippen molar-refractivity contribution in [3.63, 3.8) is 0 Å². The monoisotopic (exact) mass is 884 g/mol. The molecule has 0 saturated heterocycles. The number of aromatic amines is 1. The zero-order valence-electron chi connectivity index (χ0n) is 36.0. The second-order valence-corrected chi connectivity index (χ2v) is 15.2. The van der Waals surface area contributed by atoms with Gasteiger partial charge in [0.2, 0.25) is 41.4 Å². The highest BCUT2D eigenvalue weighted by Gasteiger charge is 2.35. The fraction of sp³-hybridized carbons (Fsp3) is 0.711. The summed E-state index contributed by atoms with van der Waals surface area (Å²) in [5, 5.41) is 47.5. The molecule has 0 fully saturated rings. The van der Waals surface area contributed by atoms with Gasteiger partial charge in [-0.3, -0.25) is 33.6 Å². The van der Waals surface area contributed by atoms with E-state index < -0.39 is 108 Å². The highest BCUT2D eigenvalue weighted by Crippen LogP contribution is 2.08. The van der Waals surface area contributed by atoms with E-state index in [-0.39, 0.29) is 25.8 Å². The molecule has 7 amide bonds. The van der Waals surface area contributed by atoms with E-state index in [1.807, 2.05) is 0 Å². The molecule has 62 heavy (non-hydrogen) atoms. The molecule has 24 heteroatoms. The van der Waals surface area contributed by atoms with Gasteiger partial charge in [0.25, 0.3) is 0 Å². The summed E-state index contributed by atoms with van der Waals surface area (Å²) in [6, 6.07) is -10.7. The molecule has 0 aliphatic heterocycles. The van der Waals surface area contributed by atoms with Crippen molar-refractivity contribution in [2.75, 3.05) is 19.6 Å². The summed E-state index contributed by atoms with van der Waals surface area (Å²) in [5.41, 5.74) is 23.1. The molecule has 0 radical (unpaired) electrons. The summed E-state index contributed by atoms with van der Waals surface area (Å²) in [6.07, 6.45) is 3.06. The Hall–Kier alpha value is -5.27. The molecule has 1 aromatic rings. The number of aromatic nitrogens is 2. The Balaban J connectivity index is 3.10. The lowest BCUT2D eigenvalue weighted by Crippen LogP contribution is -2.62. The average Bonchev–Trinajstić information content (AvgIpc) is 3.73. The number of aliphatic hydroxyl groups excluding tert-OH is 2. The van der Waals surface area contributed by atoms with Crippen molar-refractivity contribution in [3.8, 4) is 0 Å². The molecular formula is C38H69N13O11. The normalized spacial score (nSPS) is 16.0. The Morgan fingerprint density at radius 1 is 0.565 bits per heavy atom. The van der Waals surface area contributed by atoms with Gasteiger partial charge in [0, 0.05) is 18.3 Å². The van der Waals surface area contributed by atoms with Crippen molar-refractivity contribution < 1.29 is 53.7 Å². The van der Waals surface area contributed by atoms with E-state index in [1.54, 1.807) is 0 Å². The molecular weight excluding hydrogens is 814 g/mol. The van der Waals surface area contributed by atoms with Crippen LogP contribution in [-0.2, 0) is 44.8 Å². The number of unbranched alkanes of at least 4 members (excludes halogenated alkanes) is 3. The van der Waals surface area contributed by atoms with Crippen molar-refractivity contribution in [2.24, 2.45) is 22.9 Å². The predicted molar refractivity (Wildman–Crippen MR) is 225 cm³/mol. The molecule has 1 rings (SSSR count). The lowest BCUT2D eigenvalue weighted by molar-refractivity contribution is -0.142. The third kappa shape index (κ3) is 20.1. The van der Waals surface area contributed by atoms with Crippen LogP contribution in [0.15, 0.2) is 12.5 Å². The number of rotatable bonds is 31. The third-order valence-electron chi connectivity index (χ3n) is 9.69. The first-order valence-corrected chi connectivity index (χ1v) is 20.8. The lowest BCUT2D eigenvalue weighted by atomic mass is 10.0. The highest BCUT2D eigenvalue weighted by atomic mass is 16.4. The number of carbonyl (C=O) groups excluding carboxylic acids is 7. The molecule has 19 N–H and O–H groups in total. The predicted octanol–water partition coefficient (Wildman–Crippen LogP) is -5.05. The molecule has 1 aromatic heterocycles. The molecule has 0 bridgehead atoms. The van der Waals surface area contributed by atoms with E-state index >= 15 is 0 Å². The Bertz CT molecular complexity index is 1580. The summed E-state index contributed by atoms with van der Waals surface area (Å²) in [5.74, 6) is -7.37. The molecule has 0 aliphatic rings. The van der Waals surface area contributed by atoms with Crippen LogP contribution in [0.5, 0.6) is 0 Å². The van der Waals surface area contributed by atoms with E-state index in [4.69, 9.17) is 22.9 Å². The van der Waals surface area contributed by atoms with Crippen LogP contribution < -0.4 is 60.2 Å². The van der Waals surface area contributed by atoms with Gasteiger partial charge in [0.1, 0.15) is 42.3 Å². The van der Waals surface area contributed by atoms with Crippen molar-refractivity contribution in [2.45, 2.75) is 152 Å². The van der Waals surface area contributed by atoms with Crippen LogP contribution in [0.1, 0.15) is 91.2 Å². The van der Waals surface area contributed by atoms with Gasteiger partial charge in [-0.2, -0.15) is 0 Å². The number of aliphatic carboxylic acids is 1. The minimum atomic E-state index is -1.67. The quantitative estimate of drug-likeness (QED) is 0.0310. The topological polar surface area (TPSA) is 414 Å². The first-order chi connectivity index (χ1) is 29.3. The number of amides is 7. The van der Waals surface area contributed by atoms with E-state index in [2.05, 4.69) is 47.2 Å². The number of imidazole rings is 1. The standard InChI is InChI=1S/C38H69N13O11/c1-20(31(54)48-27(38(61)62)13-7-10-16-41)46-36(59)29(22(3)52)51-34(57)26(12-6-9-15-40)47-37(60)30(23(4)53)50-32(55)21(2)45-35(58)28(17-24-18-43-19-44-24)49-33(56)25(42)11-5-8-14-39/h18-23,25-30,52-53H,5-17,39-42H2,1-4H3,(H,43,44)(H,45,58)(H,46,59)(H,47,60)(H,48,54)(H,49,56)(H,50,55)(H,51,57)(H,61,62)/t20-,21-,22+,23+,25-,26-,27-,28-,29-,30-/m0/s1. The summed E-state index contributed by atoms with van der Waals surface area (Å²) in [4.78, 5) is 111. The number of aliphatic hydroxyl groups is 2. The van der Waals surface area contributed by atoms with E-state index in [9.17, 15) is 53.7 Å². The SMILES string of the molecule is C[C@H](NC(=O)[C@H](Cc1cnc[nH]1)NC(=O)[C@@H](N)CCCCN)C(=O)N[C@H](C(=O)N[C@@H](CCCCN)C(=O)N[C@H](C(=O)N[C@@H](C)C(=O)N[C@@H](CCCCN)C(=O)O)[C@@H](C)O)[C@@H](C)O. The number of nitrogens with zero attached hydrogens (tertiary/aromatic N) is 1. The van der Waals surface area contributed by atoms with Crippen LogP contribution >= 0.6 is 0 Å². The number of hydrogen-bond acceptors (Lipinski definition) is 15. The van der Waals surface area contributed by atoms with Gasteiger partial charge in [-0.05, 0) is 98.7 Å². The van der Waals surface area contributed by atoms with E-state index in [1.165, 1.54) is 40.2 Å². The van der Waals surface area contributed by atoms with Gasteiger partial charge < -0.3 is 80.5 Å². The van der Waals surface area contributed by atoms with Gasteiger partial charge in [-0.15, -0.1) is 0 Å². The Labute approximate surface area is 361 Å². The smallest absolute Gasteiger partial charge is 0.326 e. The molecule has 24 nitrogen and oxygen atoms in total. The van der Waals surface area contributed by atoms with Crippen LogP contribution in [0.2, 0.25) is 0 Å². The fourth-order valence-corrected chi connectivity index (χ4v) is 5.90. The summed E-state index contributed by atoms with van der Waals surface area (Å²) < 4.78 is 0. The lowest BCUT2D eigenvalue weighted by Gasteiger charge is -2.28. The summed E-state index contributed by atoms with van der Waals surface area (Å²) >= 11 is 0. The van der Waals surface area contributed by atoms with E-state index in [0.29, 0.717) is 63.7 Å². The van der Waals surface area contributed by atoms with E-state index in [0.717, 1.165) is 0 Å². The fourth-order valence-electron chi connectivity index (χ4n) is 5.90. The van der Waals surface area contributed by atoms with Gasteiger partial charge >= 0.3 is 5.97 Å². The number of nitrogens with two attached hydrogens (primary N) is 4. The third-order valence-corrected chi connectivity index (χ3v) is 9.69. The van der Waals surface area contributed by atoms with Crippen LogP contribution in [0.25, 0.3) is 0 Å². The minimum absolute atomic E-state index is 0.0322. The van der Waals surface area contributed by atoms with Crippen LogP contribution in [-0.4, -0.2) is 153 Å². The number of carboxylic acids is 1. The number of carboxylic acid groups (broad SMARTS) is 1. The van der Waals surface area contributed by atoms with Crippen LogP contribution in [0.4, 0.5) is 0 Å². The maximum absolute atomic E-state index is 13.6. The largest absolute Gasteiger partial charge is 0.480 e. The van der Waals surface area contributed by atoms with Crippen molar-refractivity contribution in [1.29, 1.82) is 0 Å². The first kappa shape index (κ1) is 54.7. The first-order valence-electron chi connectivity index (χ1n) is 20.8. The number of hydrogen-bond donors (Lipinski definition) is 15. The van der Waals surface area contributed by atoms with Crippen molar-refractivity contribution in [3.05, 3.63) is 18.2 Å². The average molecular weight is 884 g/mol. The Kier molecular flexibility index (Phi) is 25.7. The molecule has 0 saturated carbocycles. The maximum Gasteiger partial charge on any atom is 0.326 e. The zero-order valence-corrected chi connectivity index (χ0v) is 36.0. The molecule has 0 aromatic carbocycles. The number of carbonyl (C=O) groups is 8. The zero-order chi connectivity index (χ0) is 46.9. The minimum Gasteiger partial charge on any atom is -0.480 e. The molecule has 0 unspecified atom stereocenters. The van der Waals surface area contributed by atoms with Crippen LogP contribution in [0, 0.1) is 0 Å². The highest BCUT2D eigenvalue weighted by molar-refractivity contribution is 5.97. The van der Waals surface area contributed by atoms with Gasteiger partial charge in [-0.1, -0.05) is 6.42 Å². The molecule has 0 aliphatic carbocycles. The number of H-pyrrole nitrogens is 1. The Morgan fingerprint density at radius 2 is 0.984 bits per heavy atom. The van der Waals surface area contributed by atoms with Gasteiger partial charge in [0.15, 0.2) is 0 Å². The molecule has 352 valence electrons. The maximum atomic E-state index is 13.6. The number of nitrogens with one attached hydrogen (secondary N) is 8. The van der Waals surface area contributed by atoms with Crippen molar-refractivity contribution in [1.82, 2.24) is 47.2 Å². The molecule has 0 spiro atoms. The second kappa shape index (κ2) is 29.1. The van der Waals surface area contributed by atoms with Gasteiger partial charge in [0.05, 0.1) is 24.6 Å². The Morgan fingerprint density at radius 3 is 1.47 bits per heavy atom. The summed E-state index contributed by atoms with van der Waals surface area (Å²) in [7, 11) is 0.